The van der Waals surface area contributed by atoms with Gasteiger partial charge in [0.15, 0.2) is 0 Å². The van der Waals surface area contributed by atoms with Crippen molar-refractivity contribution in [1.82, 2.24) is 15.5 Å². The molecule has 1 aromatic heterocycles. The van der Waals surface area contributed by atoms with Crippen LogP contribution in [0.2, 0.25) is 0 Å². The van der Waals surface area contributed by atoms with Gasteiger partial charge in [0.25, 0.3) is 5.22 Å². The van der Waals surface area contributed by atoms with Gasteiger partial charge in [0, 0.05) is 18.4 Å². The van der Waals surface area contributed by atoms with E-state index in [-0.39, 0.29) is 10.1 Å². The first-order valence-corrected chi connectivity index (χ1v) is 6.54. The van der Waals surface area contributed by atoms with Crippen LogP contribution in [0.4, 0.5) is 13.2 Å². The van der Waals surface area contributed by atoms with E-state index in [0.717, 1.165) is 17.8 Å². The van der Waals surface area contributed by atoms with Crippen molar-refractivity contribution in [2.24, 2.45) is 0 Å². The first-order chi connectivity index (χ1) is 9.40. The summed E-state index contributed by atoms with van der Waals surface area (Å²) in [6.45, 7) is 1.95. The maximum atomic E-state index is 13.1. The normalized spacial score (nSPS) is 11.8. The molecule has 0 amide bonds. The quantitative estimate of drug-likeness (QED) is 0.939. The highest BCUT2D eigenvalue weighted by Crippen LogP contribution is 2.39. The fourth-order valence-corrected chi connectivity index (χ4v) is 2.47. The van der Waals surface area contributed by atoms with Crippen LogP contribution >= 0.6 is 11.8 Å². The fourth-order valence-electron chi connectivity index (χ4n) is 1.62. The molecule has 0 fully saturated rings. The summed E-state index contributed by atoms with van der Waals surface area (Å²) in [6.07, 6.45) is -4.43. The van der Waals surface area contributed by atoms with Crippen molar-refractivity contribution in [2.45, 2.75) is 29.8 Å². The first-order valence-electron chi connectivity index (χ1n) is 5.73. The Morgan fingerprint density at radius 2 is 2.05 bits per heavy atom. The summed E-state index contributed by atoms with van der Waals surface area (Å²) < 4.78 is 44.3. The predicted octanol–water partition coefficient (Wildman–Crippen LogP) is 3.27. The Bertz CT molecular complexity index is 598. The van der Waals surface area contributed by atoms with Crippen LogP contribution in [0.25, 0.3) is 0 Å². The molecule has 0 bridgehead atoms. The molecular formula is C12H12F3N3OS. The van der Waals surface area contributed by atoms with Crippen LogP contribution in [0.15, 0.2) is 32.7 Å². The van der Waals surface area contributed by atoms with Crippen molar-refractivity contribution >= 4 is 11.8 Å². The summed E-state index contributed by atoms with van der Waals surface area (Å²) in [5.41, 5.74) is -0.142. The number of benzene rings is 1. The van der Waals surface area contributed by atoms with E-state index in [1.807, 2.05) is 0 Å². The maximum absolute atomic E-state index is 13.1. The number of hydrogen-bond acceptors (Lipinski definition) is 5. The average molecular weight is 303 g/mol. The van der Waals surface area contributed by atoms with Gasteiger partial charge >= 0.3 is 6.18 Å². The summed E-state index contributed by atoms with van der Waals surface area (Å²) in [6, 6.07) is 4.18. The molecule has 108 valence electrons. The number of alkyl halides is 3. The minimum absolute atomic E-state index is 0.0426. The second-order valence-electron chi connectivity index (χ2n) is 4.05. The number of nitrogens with zero attached hydrogens (tertiary/aromatic N) is 2. The third kappa shape index (κ3) is 3.51. The van der Waals surface area contributed by atoms with Gasteiger partial charge in [0.05, 0.1) is 5.56 Å². The van der Waals surface area contributed by atoms with Gasteiger partial charge < -0.3 is 9.73 Å². The molecule has 0 aliphatic rings. The molecule has 4 nitrogen and oxygen atoms in total. The minimum atomic E-state index is -4.43. The number of nitrogens with one attached hydrogen (secondary N) is 1. The van der Waals surface area contributed by atoms with Crippen LogP contribution in [0.3, 0.4) is 0 Å². The number of aromatic nitrogens is 2. The largest absolute Gasteiger partial charge is 0.417 e. The molecule has 0 spiro atoms. The second-order valence-corrected chi connectivity index (χ2v) is 5.04. The molecule has 0 radical (unpaired) electrons. The summed E-state index contributed by atoms with van der Waals surface area (Å²) in [5.74, 6) is 0.313. The zero-order valence-corrected chi connectivity index (χ0v) is 11.6. The Morgan fingerprint density at radius 1 is 1.30 bits per heavy atom. The van der Waals surface area contributed by atoms with Gasteiger partial charge in [-0.1, -0.05) is 6.07 Å². The van der Waals surface area contributed by atoms with Gasteiger partial charge in [0.1, 0.15) is 0 Å². The van der Waals surface area contributed by atoms with Crippen LogP contribution in [-0.2, 0) is 12.7 Å². The lowest BCUT2D eigenvalue weighted by Gasteiger charge is -2.13. The molecule has 1 heterocycles. The molecule has 20 heavy (non-hydrogen) atoms. The molecular weight excluding hydrogens is 291 g/mol. The van der Waals surface area contributed by atoms with Crippen LogP contribution in [-0.4, -0.2) is 17.2 Å². The van der Waals surface area contributed by atoms with E-state index in [1.165, 1.54) is 6.07 Å². The SMILES string of the molecule is CNCc1ccc(Sc2nnc(C)o2)c(C(F)(F)F)c1. The molecule has 8 heteroatoms. The Morgan fingerprint density at radius 3 is 2.60 bits per heavy atom. The Labute approximate surface area is 117 Å². The molecule has 0 aliphatic heterocycles. The van der Waals surface area contributed by atoms with Gasteiger partial charge in [-0.3, -0.25) is 0 Å². The van der Waals surface area contributed by atoms with Crippen molar-refractivity contribution in [1.29, 1.82) is 0 Å². The molecule has 0 atom stereocenters. The molecule has 0 saturated carbocycles. The van der Waals surface area contributed by atoms with E-state index >= 15 is 0 Å². The zero-order chi connectivity index (χ0) is 14.8. The van der Waals surface area contributed by atoms with Crippen LogP contribution in [0.1, 0.15) is 17.0 Å². The van der Waals surface area contributed by atoms with Gasteiger partial charge in [-0.25, -0.2) is 0 Å². The Hall–Kier alpha value is -1.54. The molecule has 0 saturated heterocycles. The van der Waals surface area contributed by atoms with Gasteiger partial charge in [0.2, 0.25) is 5.89 Å². The van der Waals surface area contributed by atoms with E-state index in [9.17, 15) is 13.2 Å². The smallest absolute Gasteiger partial charge is 0.416 e. The summed E-state index contributed by atoms with van der Waals surface area (Å²) in [5, 5.41) is 10.2. The number of hydrogen-bond donors (Lipinski definition) is 1. The highest BCUT2D eigenvalue weighted by Gasteiger charge is 2.34. The second kappa shape index (κ2) is 5.84. The van der Waals surface area contributed by atoms with E-state index < -0.39 is 11.7 Å². The average Bonchev–Trinajstić information content (AvgIpc) is 2.76. The molecule has 1 aromatic carbocycles. The van der Waals surface area contributed by atoms with Crippen LogP contribution in [0.5, 0.6) is 0 Å². The van der Waals surface area contributed by atoms with Crippen molar-refractivity contribution in [3.05, 3.63) is 35.2 Å². The van der Waals surface area contributed by atoms with Crippen molar-refractivity contribution in [3.63, 3.8) is 0 Å². The first kappa shape index (κ1) is 14.9. The standard InChI is InChI=1S/C12H12F3N3OS/c1-7-17-18-11(19-7)20-10-4-3-8(6-16-2)5-9(10)12(13,14)15/h3-5,16H,6H2,1-2H3. The highest BCUT2D eigenvalue weighted by atomic mass is 32.2. The van der Waals surface area contributed by atoms with E-state index in [2.05, 4.69) is 15.5 Å². The minimum Gasteiger partial charge on any atom is -0.416 e. The topological polar surface area (TPSA) is 51.0 Å². The summed E-state index contributed by atoms with van der Waals surface area (Å²) in [7, 11) is 1.68. The third-order valence-corrected chi connectivity index (χ3v) is 3.35. The lowest BCUT2D eigenvalue weighted by molar-refractivity contribution is -0.139. The fraction of sp³-hybridized carbons (Fsp3) is 0.333. The maximum Gasteiger partial charge on any atom is 0.417 e. The molecule has 1 N–H and O–H groups in total. The molecule has 2 aromatic rings. The van der Waals surface area contributed by atoms with Crippen molar-refractivity contribution < 1.29 is 17.6 Å². The van der Waals surface area contributed by atoms with E-state index in [1.54, 1.807) is 20.0 Å². The number of halogens is 3. The molecule has 0 aliphatic carbocycles. The van der Waals surface area contributed by atoms with Crippen molar-refractivity contribution in [2.75, 3.05) is 7.05 Å². The molecule has 0 unspecified atom stereocenters. The van der Waals surface area contributed by atoms with Gasteiger partial charge in [-0.05, 0) is 36.5 Å². The van der Waals surface area contributed by atoms with Crippen LogP contribution in [0, 0.1) is 6.92 Å². The van der Waals surface area contributed by atoms with Crippen LogP contribution < -0.4 is 5.32 Å². The Balaban J connectivity index is 2.36. The van der Waals surface area contributed by atoms with Gasteiger partial charge in [-0.2, -0.15) is 13.2 Å². The number of aryl methyl sites for hydroxylation is 1. The van der Waals surface area contributed by atoms with Crippen molar-refractivity contribution in [3.8, 4) is 0 Å². The van der Waals surface area contributed by atoms with E-state index in [4.69, 9.17) is 4.42 Å². The number of rotatable bonds is 4. The van der Waals surface area contributed by atoms with E-state index in [0.29, 0.717) is 18.0 Å². The summed E-state index contributed by atoms with van der Waals surface area (Å²) >= 11 is 0.808. The zero-order valence-electron chi connectivity index (χ0n) is 10.8. The van der Waals surface area contributed by atoms with Gasteiger partial charge in [-0.15, -0.1) is 10.2 Å². The monoisotopic (exact) mass is 303 g/mol. The summed E-state index contributed by atoms with van der Waals surface area (Å²) in [4.78, 5) is 0.0426. The Kier molecular flexibility index (Phi) is 4.34. The lowest BCUT2D eigenvalue weighted by atomic mass is 10.1. The third-order valence-electron chi connectivity index (χ3n) is 2.44. The lowest BCUT2D eigenvalue weighted by Crippen LogP contribution is -2.10. The highest BCUT2D eigenvalue weighted by molar-refractivity contribution is 7.99. The molecule has 2 rings (SSSR count). The predicted molar refractivity (Wildman–Crippen MR) is 67.4 cm³/mol.